The molecule has 0 fully saturated rings. The van der Waals surface area contributed by atoms with Crippen LogP contribution >= 0.6 is 11.8 Å². The largest absolute Gasteiger partial charge is 0.314 e. The first-order chi connectivity index (χ1) is 7.94. The van der Waals surface area contributed by atoms with Crippen LogP contribution in [0.1, 0.15) is 31.9 Å². The third-order valence-electron chi connectivity index (χ3n) is 2.55. The van der Waals surface area contributed by atoms with Gasteiger partial charge in [0.25, 0.3) is 0 Å². The lowest BCUT2D eigenvalue weighted by Gasteiger charge is -2.14. The van der Waals surface area contributed by atoms with Gasteiger partial charge in [-0.05, 0) is 44.9 Å². The molecule has 0 aliphatic rings. The summed E-state index contributed by atoms with van der Waals surface area (Å²) in [6.07, 6.45) is 2.82. The highest BCUT2D eigenvalue weighted by atomic mass is 32.2. The maximum Gasteiger partial charge on any atom is 0.101 e. The van der Waals surface area contributed by atoms with E-state index in [0.717, 1.165) is 30.7 Å². The zero-order valence-corrected chi connectivity index (χ0v) is 11.5. The fourth-order valence-electron chi connectivity index (χ4n) is 1.55. The molecular formula is C12H20N4S. The van der Waals surface area contributed by atoms with E-state index in [-0.39, 0.29) is 0 Å². The summed E-state index contributed by atoms with van der Waals surface area (Å²) >= 11 is 1.80. The van der Waals surface area contributed by atoms with Crippen LogP contribution in [0.5, 0.6) is 0 Å². The van der Waals surface area contributed by atoms with Crippen LogP contribution in [0, 0.1) is 18.3 Å². The highest BCUT2D eigenvalue weighted by molar-refractivity contribution is 7.99. The Morgan fingerprint density at radius 2 is 2.29 bits per heavy atom. The summed E-state index contributed by atoms with van der Waals surface area (Å²) in [4.78, 5) is 0. The van der Waals surface area contributed by atoms with Gasteiger partial charge >= 0.3 is 0 Å². The average Bonchev–Trinajstić information content (AvgIpc) is 2.57. The lowest BCUT2D eigenvalue weighted by Crippen LogP contribution is -2.33. The van der Waals surface area contributed by atoms with Crippen molar-refractivity contribution in [2.24, 2.45) is 12.8 Å². The first-order valence-corrected chi connectivity index (χ1v) is 6.77. The van der Waals surface area contributed by atoms with Crippen LogP contribution in [0.2, 0.25) is 0 Å². The second kappa shape index (κ2) is 6.08. The van der Waals surface area contributed by atoms with E-state index in [1.165, 1.54) is 5.03 Å². The standard InChI is InChI=1S/C12H20N4S/c1-10-8-11(16(3)15-10)17-7-5-4-6-12(2,14)9-13/h8H,4-7,14H2,1-3H3. The van der Waals surface area contributed by atoms with E-state index in [2.05, 4.69) is 17.2 Å². The molecule has 1 rings (SSSR count). The highest BCUT2D eigenvalue weighted by Crippen LogP contribution is 2.20. The van der Waals surface area contributed by atoms with Crippen molar-refractivity contribution >= 4 is 11.8 Å². The van der Waals surface area contributed by atoms with Gasteiger partial charge in [0.15, 0.2) is 0 Å². The molecule has 0 amide bonds. The Labute approximate surface area is 107 Å². The summed E-state index contributed by atoms with van der Waals surface area (Å²) in [5, 5.41) is 14.3. The Morgan fingerprint density at radius 1 is 1.59 bits per heavy atom. The number of unbranched alkanes of at least 4 members (excludes halogenated alkanes) is 1. The first kappa shape index (κ1) is 14.1. The number of rotatable bonds is 6. The normalized spacial score (nSPS) is 14.3. The SMILES string of the molecule is Cc1cc(SCCCCC(C)(N)C#N)n(C)n1. The van der Waals surface area contributed by atoms with E-state index in [9.17, 15) is 0 Å². The molecule has 1 aromatic heterocycles. The number of nitrogens with zero attached hydrogens (tertiary/aromatic N) is 3. The number of nitrogens with two attached hydrogens (primary N) is 1. The molecule has 94 valence electrons. The molecule has 1 heterocycles. The van der Waals surface area contributed by atoms with Crippen LogP contribution in [0.3, 0.4) is 0 Å². The zero-order valence-electron chi connectivity index (χ0n) is 10.7. The van der Waals surface area contributed by atoms with Gasteiger partial charge in [-0.15, -0.1) is 11.8 Å². The number of hydrogen-bond donors (Lipinski definition) is 1. The van der Waals surface area contributed by atoms with E-state index < -0.39 is 5.54 Å². The number of aryl methyl sites for hydroxylation is 2. The molecular weight excluding hydrogens is 232 g/mol. The fourth-order valence-corrected chi connectivity index (χ4v) is 2.59. The van der Waals surface area contributed by atoms with Crippen molar-refractivity contribution in [1.29, 1.82) is 5.26 Å². The number of thioether (sulfide) groups is 1. The van der Waals surface area contributed by atoms with Gasteiger partial charge in [0.05, 0.1) is 16.8 Å². The Bertz CT molecular complexity index is 403. The van der Waals surface area contributed by atoms with Gasteiger partial charge < -0.3 is 5.73 Å². The molecule has 0 spiro atoms. The van der Waals surface area contributed by atoms with E-state index in [4.69, 9.17) is 11.0 Å². The van der Waals surface area contributed by atoms with E-state index in [1.807, 2.05) is 18.7 Å². The summed E-state index contributed by atoms with van der Waals surface area (Å²) in [7, 11) is 1.96. The Kier molecular flexibility index (Phi) is 5.03. The molecule has 5 heteroatoms. The van der Waals surface area contributed by atoms with Crippen molar-refractivity contribution in [2.45, 2.75) is 43.7 Å². The molecule has 0 aliphatic carbocycles. The third kappa shape index (κ3) is 4.80. The predicted molar refractivity (Wildman–Crippen MR) is 70.7 cm³/mol. The molecule has 0 radical (unpaired) electrons. The summed E-state index contributed by atoms with van der Waals surface area (Å²) in [6, 6.07) is 4.21. The minimum absolute atomic E-state index is 0.673. The molecule has 1 unspecified atom stereocenters. The first-order valence-electron chi connectivity index (χ1n) is 5.78. The summed E-state index contributed by atoms with van der Waals surface area (Å²) < 4.78 is 1.91. The van der Waals surface area contributed by atoms with Crippen LogP contribution in [-0.2, 0) is 7.05 Å². The second-order valence-electron chi connectivity index (χ2n) is 4.58. The van der Waals surface area contributed by atoms with Gasteiger partial charge in [0.2, 0.25) is 0 Å². The van der Waals surface area contributed by atoms with Gasteiger partial charge in [-0.1, -0.05) is 0 Å². The summed E-state index contributed by atoms with van der Waals surface area (Å²) in [5.74, 6) is 1.04. The van der Waals surface area contributed by atoms with Crippen LogP contribution in [0.15, 0.2) is 11.1 Å². The Hall–Kier alpha value is -0.990. The minimum atomic E-state index is -0.673. The number of hydrogen-bond acceptors (Lipinski definition) is 4. The molecule has 4 nitrogen and oxygen atoms in total. The quantitative estimate of drug-likeness (QED) is 0.622. The molecule has 0 bridgehead atoms. The lowest BCUT2D eigenvalue weighted by molar-refractivity contribution is 0.518. The van der Waals surface area contributed by atoms with Gasteiger partial charge in [-0.25, -0.2) is 0 Å². The van der Waals surface area contributed by atoms with Crippen LogP contribution < -0.4 is 5.73 Å². The topological polar surface area (TPSA) is 67.6 Å². The average molecular weight is 252 g/mol. The van der Waals surface area contributed by atoms with Crippen molar-refractivity contribution < 1.29 is 0 Å². The van der Waals surface area contributed by atoms with Gasteiger partial charge in [-0.2, -0.15) is 10.4 Å². The van der Waals surface area contributed by atoms with Gasteiger partial charge in [0.1, 0.15) is 5.54 Å². The Morgan fingerprint density at radius 3 is 2.82 bits per heavy atom. The van der Waals surface area contributed by atoms with Crippen LogP contribution in [0.25, 0.3) is 0 Å². The highest BCUT2D eigenvalue weighted by Gasteiger charge is 2.15. The molecule has 17 heavy (non-hydrogen) atoms. The molecule has 0 aromatic carbocycles. The minimum Gasteiger partial charge on any atom is -0.314 e. The zero-order chi connectivity index (χ0) is 12.9. The van der Waals surface area contributed by atoms with Gasteiger partial charge in [-0.3, -0.25) is 4.68 Å². The molecule has 0 saturated heterocycles. The number of aromatic nitrogens is 2. The summed E-state index contributed by atoms with van der Waals surface area (Å²) in [5.41, 5.74) is 6.13. The number of nitriles is 1. The lowest BCUT2D eigenvalue weighted by atomic mass is 9.99. The maximum atomic E-state index is 8.78. The van der Waals surface area contributed by atoms with Crippen molar-refractivity contribution in [1.82, 2.24) is 9.78 Å². The fraction of sp³-hybridized carbons (Fsp3) is 0.667. The smallest absolute Gasteiger partial charge is 0.101 e. The van der Waals surface area contributed by atoms with Crippen molar-refractivity contribution in [2.75, 3.05) is 5.75 Å². The van der Waals surface area contributed by atoms with E-state index >= 15 is 0 Å². The third-order valence-corrected chi connectivity index (χ3v) is 3.73. The van der Waals surface area contributed by atoms with Crippen molar-refractivity contribution in [3.63, 3.8) is 0 Å². The van der Waals surface area contributed by atoms with Gasteiger partial charge in [0, 0.05) is 7.05 Å². The van der Waals surface area contributed by atoms with Crippen molar-refractivity contribution in [3.8, 4) is 6.07 Å². The molecule has 0 aliphatic heterocycles. The molecule has 2 N–H and O–H groups in total. The monoisotopic (exact) mass is 252 g/mol. The van der Waals surface area contributed by atoms with Crippen LogP contribution in [-0.4, -0.2) is 21.1 Å². The second-order valence-corrected chi connectivity index (χ2v) is 5.70. The predicted octanol–water partition coefficient (Wildman–Crippen LogP) is 2.23. The van der Waals surface area contributed by atoms with E-state index in [1.54, 1.807) is 18.7 Å². The van der Waals surface area contributed by atoms with E-state index in [0.29, 0.717) is 0 Å². The van der Waals surface area contributed by atoms with Crippen molar-refractivity contribution in [3.05, 3.63) is 11.8 Å². The molecule has 0 saturated carbocycles. The molecule has 1 atom stereocenters. The summed E-state index contributed by atoms with van der Waals surface area (Å²) in [6.45, 7) is 3.78. The molecule has 1 aromatic rings. The maximum absolute atomic E-state index is 8.78. The van der Waals surface area contributed by atoms with Crippen LogP contribution in [0.4, 0.5) is 0 Å². The Balaban J connectivity index is 2.22.